The summed E-state index contributed by atoms with van der Waals surface area (Å²) in [6.07, 6.45) is 6.60. The highest BCUT2D eigenvalue weighted by atomic mass is 16.1. The van der Waals surface area contributed by atoms with Crippen LogP contribution < -0.4 is 0 Å². The van der Waals surface area contributed by atoms with Crippen LogP contribution in [0.3, 0.4) is 0 Å². The first kappa shape index (κ1) is 11.1. The summed E-state index contributed by atoms with van der Waals surface area (Å²) in [5.41, 5.74) is 2.90. The SMILES string of the molecule is O=C1C=CC2=Cc3cc4ccccc4cc3C(=O)C2=C1. The number of hydrogen-bond donors (Lipinski definition) is 0. The van der Waals surface area contributed by atoms with Gasteiger partial charge >= 0.3 is 0 Å². The molecule has 0 N–H and O–H groups in total. The lowest BCUT2D eigenvalue weighted by atomic mass is 9.83. The van der Waals surface area contributed by atoms with Crippen LogP contribution in [0.25, 0.3) is 16.8 Å². The molecule has 0 saturated heterocycles. The molecule has 0 amide bonds. The number of fused-ring (bicyclic) bond motifs is 3. The Kier molecular flexibility index (Phi) is 2.15. The zero-order valence-electron chi connectivity index (χ0n) is 10.6. The Morgan fingerprint density at radius 1 is 0.800 bits per heavy atom. The fourth-order valence-corrected chi connectivity index (χ4v) is 2.74. The molecule has 0 aromatic heterocycles. The minimum atomic E-state index is -0.130. The number of hydrogen-bond acceptors (Lipinski definition) is 2. The van der Waals surface area contributed by atoms with Crippen LogP contribution in [0, 0.1) is 0 Å². The van der Waals surface area contributed by atoms with Crippen molar-refractivity contribution in [1.29, 1.82) is 0 Å². The quantitative estimate of drug-likeness (QED) is 0.725. The van der Waals surface area contributed by atoms with Gasteiger partial charge in [0.1, 0.15) is 0 Å². The van der Waals surface area contributed by atoms with E-state index >= 15 is 0 Å². The van der Waals surface area contributed by atoms with E-state index in [1.165, 1.54) is 12.2 Å². The van der Waals surface area contributed by atoms with Gasteiger partial charge < -0.3 is 0 Å². The Morgan fingerprint density at radius 2 is 1.55 bits per heavy atom. The van der Waals surface area contributed by atoms with Crippen LogP contribution >= 0.6 is 0 Å². The molecule has 0 heterocycles. The Balaban J connectivity index is 2.03. The van der Waals surface area contributed by atoms with Gasteiger partial charge in [0.25, 0.3) is 0 Å². The van der Waals surface area contributed by atoms with E-state index in [4.69, 9.17) is 0 Å². The number of carbonyl (C=O) groups is 2. The van der Waals surface area contributed by atoms with Crippen molar-refractivity contribution in [3.05, 3.63) is 76.9 Å². The second kappa shape index (κ2) is 3.87. The normalized spacial score (nSPS) is 16.6. The van der Waals surface area contributed by atoms with E-state index < -0.39 is 0 Å². The molecule has 0 radical (unpaired) electrons. The first-order valence-corrected chi connectivity index (χ1v) is 6.46. The van der Waals surface area contributed by atoms with Crippen molar-refractivity contribution in [2.75, 3.05) is 0 Å². The Hall–Kier alpha value is -2.74. The van der Waals surface area contributed by atoms with Gasteiger partial charge in [-0.1, -0.05) is 30.3 Å². The monoisotopic (exact) mass is 258 g/mol. The van der Waals surface area contributed by atoms with Crippen molar-refractivity contribution in [1.82, 2.24) is 0 Å². The van der Waals surface area contributed by atoms with Gasteiger partial charge in [0.05, 0.1) is 0 Å². The number of ketones is 2. The molecular weight excluding hydrogens is 248 g/mol. The van der Waals surface area contributed by atoms with E-state index in [2.05, 4.69) is 0 Å². The van der Waals surface area contributed by atoms with Gasteiger partial charge in [-0.15, -0.1) is 0 Å². The van der Waals surface area contributed by atoms with Gasteiger partial charge in [-0.25, -0.2) is 0 Å². The smallest absolute Gasteiger partial charge is 0.194 e. The number of carbonyl (C=O) groups excluding carboxylic acids is 2. The summed E-state index contributed by atoms with van der Waals surface area (Å²) in [5.74, 6) is -0.198. The zero-order valence-corrected chi connectivity index (χ0v) is 10.6. The highest BCUT2D eigenvalue weighted by Crippen LogP contribution is 2.33. The molecule has 2 aromatic carbocycles. The predicted molar refractivity (Wildman–Crippen MR) is 78.5 cm³/mol. The molecule has 0 fully saturated rings. The van der Waals surface area contributed by atoms with E-state index in [1.54, 1.807) is 6.08 Å². The average Bonchev–Trinajstić information content (AvgIpc) is 2.47. The van der Waals surface area contributed by atoms with Crippen molar-refractivity contribution in [3.8, 4) is 0 Å². The number of allylic oxidation sites excluding steroid dienone is 5. The average molecular weight is 258 g/mol. The van der Waals surface area contributed by atoms with Crippen LogP contribution in [-0.4, -0.2) is 11.6 Å². The van der Waals surface area contributed by atoms with E-state index in [0.29, 0.717) is 11.1 Å². The van der Waals surface area contributed by atoms with Crippen molar-refractivity contribution >= 4 is 28.4 Å². The summed E-state index contributed by atoms with van der Waals surface area (Å²) in [5, 5.41) is 2.15. The third-order valence-electron chi connectivity index (χ3n) is 3.74. The fraction of sp³-hybridized carbons (Fsp3) is 0. The maximum absolute atomic E-state index is 12.5. The van der Waals surface area contributed by atoms with Crippen LogP contribution in [-0.2, 0) is 4.79 Å². The van der Waals surface area contributed by atoms with Crippen molar-refractivity contribution in [3.63, 3.8) is 0 Å². The molecule has 0 atom stereocenters. The lowest BCUT2D eigenvalue weighted by Crippen LogP contribution is -2.15. The van der Waals surface area contributed by atoms with E-state index in [-0.39, 0.29) is 11.6 Å². The molecule has 2 nitrogen and oxygen atoms in total. The topological polar surface area (TPSA) is 34.1 Å². The van der Waals surface area contributed by atoms with Gasteiger partial charge in [0.15, 0.2) is 11.6 Å². The molecule has 0 saturated carbocycles. The molecule has 0 bridgehead atoms. The van der Waals surface area contributed by atoms with Crippen LogP contribution in [0.2, 0.25) is 0 Å². The van der Waals surface area contributed by atoms with E-state index in [0.717, 1.165) is 21.9 Å². The minimum absolute atomic E-state index is 0.0686. The molecule has 2 aliphatic rings. The summed E-state index contributed by atoms with van der Waals surface area (Å²) in [4.78, 5) is 24.0. The standard InChI is InChI=1S/C18H10O2/c19-15-6-5-13-8-14-7-11-3-1-2-4-12(11)9-16(14)18(20)17(13)10-15/h1-10H. The second-order valence-electron chi connectivity index (χ2n) is 5.01. The zero-order chi connectivity index (χ0) is 13.7. The maximum atomic E-state index is 12.5. The largest absolute Gasteiger partial charge is 0.290 e. The summed E-state index contributed by atoms with van der Waals surface area (Å²) in [6.45, 7) is 0. The lowest BCUT2D eigenvalue weighted by molar-refractivity contribution is -0.110. The third-order valence-corrected chi connectivity index (χ3v) is 3.74. The molecule has 0 aliphatic heterocycles. The summed E-state index contributed by atoms with van der Waals surface area (Å²) in [7, 11) is 0. The van der Waals surface area contributed by atoms with Crippen LogP contribution in [0.4, 0.5) is 0 Å². The molecular formula is C18H10O2. The second-order valence-corrected chi connectivity index (χ2v) is 5.01. The van der Waals surface area contributed by atoms with Gasteiger partial charge in [0.2, 0.25) is 0 Å². The summed E-state index contributed by atoms with van der Waals surface area (Å²) in [6, 6.07) is 11.9. The van der Waals surface area contributed by atoms with Crippen molar-refractivity contribution in [2.45, 2.75) is 0 Å². The maximum Gasteiger partial charge on any atom is 0.194 e. The van der Waals surface area contributed by atoms with Crippen LogP contribution in [0.15, 0.2) is 65.8 Å². The fourth-order valence-electron chi connectivity index (χ4n) is 2.74. The first-order valence-electron chi connectivity index (χ1n) is 6.46. The molecule has 4 rings (SSSR count). The molecule has 20 heavy (non-hydrogen) atoms. The van der Waals surface area contributed by atoms with Gasteiger partial charge in [-0.3, -0.25) is 9.59 Å². The molecule has 0 spiro atoms. The number of rotatable bonds is 0. The Bertz CT molecular complexity index is 879. The summed E-state index contributed by atoms with van der Waals surface area (Å²) >= 11 is 0. The minimum Gasteiger partial charge on any atom is -0.290 e. The van der Waals surface area contributed by atoms with Gasteiger partial charge in [-0.2, -0.15) is 0 Å². The van der Waals surface area contributed by atoms with Crippen molar-refractivity contribution in [2.24, 2.45) is 0 Å². The number of Topliss-reactive ketones (excluding diaryl/α,β-unsaturated/α-hetero) is 1. The van der Waals surface area contributed by atoms with Crippen LogP contribution in [0.1, 0.15) is 15.9 Å². The van der Waals surface area contributed by atoms with E-state index in [9.17, 15) is 9.59 Å². The molecule has 2 aliphatic carbocycles. The Labute approximate surface area is 115 Å². The summed E-state index contributed by atoms with van der Waals surface area (Å²) < 4.78 is 0. The molecule has 2 heteroatoms. The molecule has 0 unspecified atom stereocenters. The van der Waals surface area contributed by atoms with Crippen LogP contribution in [0.5, 0.6) is 0 Å². The van der Waals surface area contributed by atoms with Crippen molar-refractivity contribution < 1.29 is 9.59 Å². The molecule has 2 aromatic rings. The predicted octanol–water partition coefficient (Wildman–Crippen LogP) is 3.48. The highest BCUT2D eigenvalue weighted by Gasteiger charge is 2.25. The molecule has 94 valence electrons. The van der Waals surface area contributed by atoms with E-state index in [1.807, 2.05) is 42.5 Å². The number of benzene rings is 2. The Morgan fingerprint density at radius 3 is 2.35 bits per heavy atom. The van der Waals surface area contributed by atoms with Gasteiger partial charge in [-0.05, 0) is 52.3 Å². The first-order chi connectivity index (χ1) is 9.72. The lowest BCUT2D eigenvalue weighted by Gasteiger charge is -2.19. The van der Waals surface area contributed by atoms with Gasteiger partial charge in [0, 0.05) is 11.1 Å². The highest BCUT2D eigenvalue weighted by molar-refractivity contribution is 6.23. The third kappa shape index (κ3) is 1.51.